The second-order valence-corrected chi connectivity index (χ2v) is 5.07. The Hall–Kier alpha value is -0.430. The number of fused-ring (bicyclic) bond motifs is 1. The Balaban J connectivity index is 0.000000461. The molecule has 0 N–H and O–H groups in total. The topological polar surface area (TPSA) is 0 Å². The molecule has 0 saturated heterocycles. The Labute approximate surface area is 92.1 Å². The molecule has 1 aromatic carbocycles. The smallest absolute Gasteiger partial charge is 0.0133 e. The third kappa shape index (κ3) is 2.14. The predicted molar refractivity (Wildman–Crippen MR) is 66.3 cm³/mol. The van der Waals surface area contributed by atoms with Gasteiger partial charge in [0.2, 0.25) is 0 Å². The molecule has 1 aliphatic rings. The van der Waals surface area contributed by atoms with Gasteiger partial charge in [-0.1, -0.05) is 45.4 Å². The summed E-state index contributed by atoms with van der Waals surface area (Å²) >= 11 is 2.01. The van der Waals surface area contributed by atoms with Gasteiger partial charge in [0.25, 0.3) is 0 Å². The highest BCUT2D eigenvalue weighted by molar-refractivity contribution is 8.00. The molecule has 0 radical (unpaired) electrons. The fourth-order valence-corrected chi connectivity index (χ4v) is 3.07. The Morgan fingerprint density at radius 1 is 1.14 bits per heavy atom. The lowest BCUT2D eigenvalue weighted by molar-refractivity contribution is 0.761. The first-order valence-corrected chi connectivity index (χ1v) is 6.33. The molecule has 1 aromatic rings. The monoisotopic (exact) mass is 208 g/mol. The van der Waals surface area contributed by atoms with Crippen molar-refractivity contribution in [1.82, 2.24) is 0 Å². The van der Waals surface area contributed by atoms with Crippen LogP contribution in [0.1, 0.15) is 44.7 Å². The minimum absolute atomic E-state index is 0.727. The SMILES string of the molecule is CC.Cc1ccc2c(c1)SC(C)C2C. The van der Waals surface area contributed by atoms with Gasteiger partial charge in [-0.2, -0.15) is 0 Å². The second-order valence-electron chi connectivity index (χ2n) is 3.65. The molecule has 1 heterocycles. The summed E-state index contributed by atoms with van der Waals surface area (Å²) in [5, 5.41) is 0.752. The number of aryl methyl sites for hydroxylation is 1. The fourth-order valence-electron chi connectivity index (χ4n) is 1.68. The van der Waals surface area contributed by atoms with Crippen LogP contribution in [0.4, 0.5) is 0 Å². The first-order valence-electron chi connectivity index (χ1n) is 5.45. The highest BCUT2D eigenvalue weighted by atomic mass is 32.2. The highest BCUT2D eigenvalue weighted by Crippen LogP contribution is 2.44. The maximum atomic E-state index is 2.32. The van der Waals surface area contributed by atoms with E-state index in [2.05, 4.69) is 39.0 Å². The molecular weight excluding hydrogens is 188 g/mol. The highest BCUT2D eigenvalue weighted by Gasteiger charge is 2.25. The molecule has 0 aromatic heterocycles. The quantitative estimate of drug-likeness (QED) is 0.599. The molecule has 0 saturated carbocycles. The normalized spacial score (nSPS) is 23.8. The standard InChI is InChI=1S/C11H14S.C2H6/c1-7-4-5-10-8(2)9(3)12-11(10)6-7;1-2/h4-6,8-9H,1-3H3;1-2H3. The summed E-state index contributed by atoms with van der Waals surface area (Å²) in [6.45, 7) is 10.8. The Morgan fingerprint density at radius 2 is 1.79 bits per heavy atom. The molecule has 2 atom stereocenters. The first-order chi connectivity index (χ1) is 6.68. The summed E-state index contributed by atoms with van der Waals surface area (Å²) in [4.78, 5) is 1.50. The van der Waals surface area contributed by atoms with Gasteiger partial charge in [-0.05, 0) is 24.5 Å². The number of benzene rings is 1. The number of rotatable bonds is 0. The summed E-state index contributed by atoms with van der Waals surface area (Å²) in [5.74, 6) is 0.727. The van der Waals surface area contributed by atoms with Gasteiger partial charge in [0.05, 0.1) is 0 Å². The van der Waals surface area contributed by atoms with Crippen LogP contribution in [-0.4, -0.2) is 5.25 Å². The summed E-state index contributed by atoms with van der Waals surface area (Å²) in [6, 6.07) is 6.81. The molecule has 0 bridgehead atoms. The van der Waals surface area contributed by atoms with Gasteiger partial charge in [-0.25, -0.2) is 0 Å². The number of hydrogen-bond acceptors (Lipinski definition) is 1. The van der Waals surface area contributed by atoms with Gasteiger partial charge >= 0.3 is 0 Å². The van der Waals surface area contributed by atoms with Crippen molar-refractivity contribution in [3.05, 3.63) is 29.3 Å². The fraction of sp³-hybridized carbons (Fsp3) is 0.538. The predicted octanol–water partition coefficient (Wildman–Crippen LogP) is 4.62. The van der Waals surface area contributed by atoms with Crippen molar-refractivity contribution in [3.63, 3.8) is 0 Å². The molecule has 0 amide bonds. The summed E-state index contributed by atoms with van der Waals surface area (Å²) in [6.07, 6.45) is 0. The molecule has 78 valence electrons. The number of thioether (sulfide) groups is 1. The van der Waals surface area contributed by atoms with Crippen molar-refractivity contribution in [1.29, 1.82) is 0 Å². The lowest BCUT2D eigenvalue weighted by Crippen LogP contribution is -1.99. The third-order valence-corrected chi connectivity index (χ3v) is 4.06. The van der Waals surface area contributed by atoms with Crippen molar-refractivity contribution in [3.8, 4) is 0 Å². The molecule has 0 aliphatic carbocycles. The molecule has 2 unspecified atom stereocenters. The van der Waals surface area contributed by atoms with Gasteiger partial charge in [0.1, 0.15) is 0 Å². The van der Waals surface area contributed by atoms with E-state index < -0.39 is 0 Å². The summed E-state index contributed by atoms with van der Waals surface area (Å²) in [5.41, 5.74) is 2.92. The van der Waals surface area contributed by atoms with Gasteiger partial charge in [-0.15, -0.1) is 11.8 Å². The van der Waals surface area contributed by atoms with E-state index in [1.54, 1.807) is 0 Å². The molecule has 2 rings (SSSR count). The van der Waals surface area contributed by atoms with Gasteiger partial charge in [-0.3, -0.25) is 0 Å². The Kier molecular flexibility index (Phi) is 4.06. The van der Waals surface area contributed by atoms with Crippen molar-refractivity contribution in [2.24, 2.45) is 0 Å². The summed E-state index contributed by atoms with van der Waals surface area (Å²) in [7, 11) is 0. The number of hydrogen-bond donors (Lipinski definition) is 0. The van der Waals surface area contributed by atoms with Crippen molar-refractivity contribution in [2.45, 2.75) is 50.7 Å². The molecular formula is C13H20S. The third-order valence-electron chi connectivity index (χ3n) is 2.68. The zero-order chi connectivity index (χ0) is 10.7. The van der Waals surface area contributed by atoms with Gasteiger partial charge in [0, 0.05) is 10.1 Å². The van der Waals surface area contributed by atoms with Crippen LogP contribution in [0.15, 0.2) is 23.1 Å². The Bertz CT molecular complexity index is 304. The molecule has 0 spiro atoms. The van der Waals surface area contributed by atoms with Crippen LogP contribution in [0, 0.1) is 6.92 Å². The van der Waals surface area contributed by atoms with E-state index in [0.29, 0.717) is 0 Å². The average Bonchev–Trinajstić information content (AvgIpc) is 2.45. The van der Waals surface area contributed by atoms with E-state index in [1.165, 1.54) is 16.0 Å². The van der Waals surface area contributed by atoms with Crippen LogP contribution in [0.25, 0.3) is 0 Å². The van der Waals surface area contributed by atoms with Gasteiger partial charge < -0.3 is 0 Å². The van der Waals surface area contributed by atoms with Crippen LogP contribution in [-0.2, 0) is 0 Å². The van der Waals surface area contributed by atoms with E-state index in [9.17, 15) is 0 Å². The zero-order valence-electron chi connectivity index (χ0n) is 9.79. The second kappa shape index (κ2) is 4.88. The van der Waals surface area contributed by atoms with E-state index in [0.717, 1.165) is 11.2 Å². The van der Waals surface area contributed by atoms with E-state index >= 15 is 0 Å². The maximum absolute atomic E-state index is 2.32. The van der Waals surface area contributed by atoms with Crippen LogP contribution in [0.5, 0.6) is 0 Å². The van der Waals surface area contributed by atoms with Crippen LogP contribution in [0.2, 0.25) is 0 Å². The molecule has 14 heavy (non-hydrogen) atoms. The lowest BCUT2D eigenvalue weighted by atomic mass is 9.98. The molecule has 0 nitrogen and oxygen atoms in total. The largest absolute Gasteiger partial charge is 0.122 e. The van der Waals surface area contributed by atoms with Crippen LogP contribution in [0.3, 0.4) is 0 Å². The van der Waals surface area contributed by atoms with E-state index in [4.69, 9.17) is 0 Å². The summed E-state index contributed by atoms with van der Waals surface area (Å²) < 4.78 is 0. The maximum Gasteiger partial charge on any atom is 0.0133 e. The molecule has 1 aliphatic heterocycles. The van der Waals surface area contributed by atoms with Crippen molar-refractivity contribution in [2.75, 3.05) is 0 Å². The van der Waals surface area contributed by atoms with Crippen molar-refractivity contribution < 1.29 is 0 Å². The Morgan fingerprint density at radius 3 is 2.43 bits per heavy atom. The van der Waals surface area contributed by atoms with E-state index in [-0.39, 0.29) is 0 Å². The van der Waals surface area contributed by atoms with Crippen molar-refractivity contribution >= 4 is 11.8 Å². The average molecular weight is 208 g/mol. The lowest BCUT2D eigenvalue weighted by Gasteiger charge is -2.07. The minimum Gasteiger partial charge on any atom is -0.122 e. The van der Waals surface area contributed by atoms with Gasteiger partial charge in [0.15, 0.2) is 0 Å². The van der Waals surface area contributed by atoms with E-state index in [1.807, 2.05) is 25.6 Å². The van der Waals surface area contributed by atoms with Crippen LogP contribution >= 0.6 is 11.8 Å². The molecule has 1 heteroatoms. The molecule has 0 fully saturated rings. The van der Waals surface area contributed by atoms with Crippen LogP contribution < -0.4 is 0 Å². The first kappa shape index (κ1) is 11.6. The zero-order valence-corrected chi connectivity index (χ0v) is 10.6. The minimum atomic E-state index is 0.727.